The predicted molar refractivity (Wildman–Crippen MR) is 132 cm³/mol. The molecule has 1 aromatic carbocycles. The number of ether oxygens (including phenoxy) is 3. The average molecular weight is 531 g/mol. The molecule has 36 heavy (non-hydrogen) atoms. The van der Waals surface area contributed by atoms with Crippen LogP contribution in [0, 0.1) is 0 Å². The molecule has 13 heteroatoms. The van der Waals surface area contributed by atoms with Crippen molar-refractivity contribution in [3.05, 3.63) is 59.1 Å². The third-order valence-electron chi connectivity index (χ3n) is 6.21. The maximum absolute atomic E-state index is 13.1. The fraction of sp³-hybridized carbons (Fsp3) is 0.304. The Balaban J connectivity index is 1.67. The van der Waals surface area contributed by atoms with E-state index < -0.39 is 20.7 Å². The molecule has 4 aromatic rings. The van der Waals surface area contributed by atoms with E-state index in [1.165, 1.54) is 20.5 Å². The number of hydrogen-bond acceptors (Lipinski definition) is 9. The molecular formula is C23H23ClN6O5S. The maximum atomic E-state index is 13.1. The third-order valence-corrected chi connectivity index (χ3v) is 8.16. The second-order valence-electron chi connectivity index (χ2n) is 8.16. The predicted octanol–water partition coefficient (Wildman–Crippen LogP) is 2.95. The van der Waals surface area contributed by atoms with Crippen molar-refractivity contribution in [1.29, 1.82) is 0 Å². The minimum Gasteiger partial charge on any atom is -0.496 e. The van der Waals surface area contributed by atoms with Crippen LogP contribution in [0.2, 0.25) is 5.15 Å². The van der Waals surface area contributed by atoms with Crippen LogP contribution in [0.1, 0.15) is 30.5 Å². The Hall–Kier alpha value is -3.48. The van der Waals surface area contributed by atoms with Crippen LogP contribution in [-0.4, -0.2) is 53.7 Å². The van der Waals surface area contributed by atoms with Gasteiger partial charge in [0.25, 0.3) is 0 Å². The van der Waals surface area contributed by atoms with E-state index >= 15 is 0 Å². The van der Waals surface area contributed by atoms with Gasteiger partial charge in [0.05, 0.1) is 32.1 Å². The Morgan fingerprint density at radius 3 is 2.44 bits per heavy atom. The first kappa shape index (κ1) is 24.2. The molecule has 5 rings (SSSR count). The molecule has 0 saturated heterocycles. The quantitative estimate of drug-likeness (QED) is 0.363. The molecular weight excluding hydrogens is 508 g/mol. The van der Waals surface area contributed by atoms with E-state index in [1.54, 1.807) is 41.0 Å². The van der Waals surface area contributed by atoms with Gasteiger partial charge in [-0.3, -0.25) is 4.57 Å². The first-order valence-corrected chi connectivity index (χ1v) is 12.9. The number of fused-ring (bicyclic) bond motifs is 1. The Labute approximate surface area is 212 Å². The van der Waals surface area contributed by atoms with Crippen molar-refractivity contribution in [3.8, 4) is 23.2 Å². The molecule has 2 unspecified atom stereocenters. The molecule has 3 aromatic heterocycles. The van der Waals surface area contributed by atoms with Gasteiger partial charge in [0.1, 0.15) is 28.4 Å². The standard InChI is InChI=1S/C23H23ClN6O5S/c1-4-35-17-10-6-9-16(27-17)30-12-26-21-22(30)28-19(20(24)29-21)13-11-23(13,36(25,31)32)18-14(33-2)7-5-8-15(18)34-3/h5-10,12-13H,4,11H2,1-3H3,(H2,25,31,32). The second kappa shape index (κ2) is 8.87. The third kappa shape index (κ3) is 3.72. The van der Waals surface area contributed by atoms with Gasteiger partial charge in [0, 0.05) is 12.0 Å². The lowest BCUT2D eigenvalue weighted by Gasteiger charge is -2.21. The molecule has 11 nitrogen and oxygen atoms in total. The lowest BCUT2D eigenvalue weighted by Crippen LogP contribution is -2.31. The van der Waals surface area contributed by atoms with Crippen LogP contribution in [0.25, 0.3) is 17.1 Å². The minimum atomic E-state index is -4.18. The summed E-state index contributed by atoms with van der Waals surface area (Å²) in [5.41, 5.74) is 1.23. The molecule has 0 spiro atoms. The second-order valence-corrected chi connectivity index (χ2v) is 10.3. The van der Waals surface area contributed by atoms with E-state index in [2.05, 4.69) is 15.0 Å². The molecule has 0 bridgehead atoms. The highest BCUT2D eigenvalue weighted by atomic mass is 35.5. The first-order valence-electron chi connectivity index (χ1n) is 11.0. The van der Waals surface area contributed by atoms with Crippen LogP contribution < -0.4 is 19.3 Å². The van der Waals surface area contributed by atoms with E-state index in [1.807, 2.05) is 6.92 Å². The summed E-state index contributed by atoms with van der Waals surface area (Å²) < 4.78 is 42.7. The van der Waals surface area contributed by atoms with Crippen molar-refractivity contribution in [1.82, 2.24) is 24.5 Å². The van der Waals surface area contributed by atoms with E-state index in [0.717, 1.165) is 0 Å². The van der Waals surface area contributed by atoms with Gasteiger partial charge < -0.3 is 14.2 Å². The van der Waals surface area contributed by atoms with Gasteiger partial charge in [-0.05, 0) is 31.5 Å². The van der Waals surface area contributed by atoms with Gasteiger partial charge in [-0.2, -0.15) is 4.98 Å². The molecule has 1 saturated carbocycles. The lowest BCUT2D eigenvalue weighted by atomic mass is 10.0. The molecule has 1 fully saturated rings. The smallest absolute Gasteiger partial charge is 0.220 e. The summed E-state index contributed by atoms with van der Waals surface area (Å²) in [5.74, 6) is 0.910. The first-order chi connectivity index (χ1) is 17.2. The van der Waals surface area contributed by atoms with Gasteiger partial charge in [-0.25, -0.2) is 28.5 Å². The van der Waals surface area contributed by atoms with Gasteiger partial charge >= 0.3 is 0 Å². The molecule has 1 aliphatic carbocycles. The number of rotatable bonds is 8. The summed E-state index contributed by atoms with van der Waals surface area (Å²) in [7, 11) is -1.27. The molecule has 188 valence electrons. The number of aromatic nitrogens is 5. The number of hydrogen-bond donors (Lipinski definition) is 1. The van der Waals surface area contributed by atoms with Crippen molar-refractivity contribution in [2.24, 2.45) is 5.14 Å². The summed E-state index contributed by atoms with van der Waals surface area (Å²) in [6.45, 7) is 2.33. The van der Waals surface area contributed by atoms with Crippen molar-refractivity contribution in [3.63, 3.8) is 0 Å². The number of methoxy groups -OCH3 is 2. The zero-order valence-corrected chi connectivity index (χ0v) is 21.2. The number of nitrogens with two attached hydrogens (primary N) is 1. The topological polar surface area (TPSA) is 144 Å². The highest BCUT2D eigenvalue weighted by Crippen LogP contribution is 2.66. The number of nitrogens with zero attached hydrogens (tertiary/aromatic N) is 5. The largest absolute Gasteiger partial charge is 0.496 e. The molecule has 2 atom stereocenters. The lowest BCUT2D eigenvalue weighted by molar-refractivity contribution is 0.326. The summed E-state index contributed by atoms with van der Waals surface area (Å²) in [4.78, 5) is 17.9. The summed E-state index contributed by atoms with van der Waals surface area (Å²) in [6, 6.07) is 10.3. The van der Waals surface area contributed by atoms with Crippen molar-refractivity contribution in [2.75, 3.05) is 20.8 Å². The van der Waals surface area contributed by atoms with E-state index in [4.69, 9.17) is 35.9 Å². The van der Waals surface area contributed by atoms with Crippen LogP contribution in [0.3, 0.4) is 0 Å². The highest BCUT2D eigenvalue weighted by Gasteiger charge is 2.68. The number of halogens is 1. The fourth-order valence-electron chi connectivity index (χ4n) is 4.54. The zero-order chi connectivity index (χ0) is 25.7. The summed E-state index contributed by atoms with van der Waals surface area (Å²) in [5, 5.41) is 5.86. The molecule has 0 aliphatic heterocycles. The minimum absolute atomic E-state index is 0.0353. The van der Waals surface area contributed by atoms with E-state index in [0.29, 0.717) is 41.0 Å². The number of imidazole rings is 1. The van der Waals surface area contributed by atoms with Crippen LogP contribution >= 0.6 is 11.6 Å². The maximum Gasteiger partial charge on any atom is 0.220 e. The number of benzene rings is 1. The molecule has 1 aliphatic rings. The van der Waals surface area contributed by atoms with E-state index in [-0.39, 0.29) is 22.9 Å². The fourth-order valence-corrected chi connectivity index (χ4v) is 6.19. The summed E-state index contributed by atoms with van der Waals surface area (Å²) in [6.07, 6.45) is 1.64. The molecule has 0 amide bonds. The Morgan fingerprint density at radius 2 is 1.81 bits per heavy atom. The van der Waals surface area contributed by atoms with Crippen LogP contribution in [-0.2, 0) is 14.8 Å². The SMILES string of the molecule is CCOc1cccc(-n2cnc3nc(Cl)c(C4CC4(c4c(OC)cccc4OC)S(N)(=O)=O)nc32)n1. The number of pyridine rings is 1. The van der Waals surface area contributed by atoms with Gasteiger partial charge in [0.2, 0.25) is 15.9 Å². The van der Waals surface area contributed by atoms with Crippen LogP contribution in [0.4, 0.5) is 0 Å². The van der Waals surface area contributed by atoms with Gasteiger partial charge in [0.15, 0.2) is 16.4 Å². The number of sulfonamides is 1. The normalized spacial score (nSPS) is 19.3. The Bertz CT molecular complexity index is 1550. The van der Waals surface area contributed by atoms with Crippen molar-refractivity contribution < 1.29 is 22.6 Å². The molecule has 3 heterocycles. The summed E-state index contributed by atoms with van der Waals surface area (Å²) >= 11 is 6.52. The van der Waals surface area contributed by atoms with Crippen molar-refractivity contribution >= 4 is 32.9 Å². The zero-order valence-electron chi connectivity index (χ0n) is 19.7. The monoisotopic (exact) mass is 530 g/mol. The van der Waals surface area contributed by atoms with E-state index in [9.17, 15) is 8.42 Å². The van der Waals surface area contributed by atoms with Crippen molar-refractivity contribution in [2.45, 2.75) is 24.0 Å². The van der Waals surface area contributed by atoms with Crippen LogP contribution in [0.15, 0.2) is 42.7 Å². The van der Waals surface area contributed by atoms with Gasteiger partial charge in [-0.1, -0.05) is 23.7 Å². The number of primary sulfonamides is 1. The Kier molecular flexibility index (Phi) is 5.97. The molecule has 0 radical (unpaired) electrons. The van der Waals surface area contributed by atoms with Crippen LogP contribution in [0.5, 0.6) is 17.4 Å². The average Bonchev–Trinajstić information content (AvgIpc) is 3.49. The Morgan fingerprint density at radius 1 is 1.11 bits per heavy atom. The van der Waals surface area contributed by atoms with Gasteiger partial charge in [-0.15, -0.1) is 0 Å². The highest BCUT2D eigenvalue weighted by molar-refractivity contribution is 7.90. The molecule has 2 N–H and O–H groups in total.